The van der Waals surface area contributed by atoms with Gasteiger partial charge in [-0.2, -0.15) is 5.10 Å². The van der Waals surface area contributed by atoms with Crippen LogP contribution in [0.4, 0.5) is 14.9 Å². The number of hydrogen-bond acceptors (Lipinski definition) is 6. The van der Waals surface area contributed by atoms with Gasteiger partial charge in [0.15, 0.2) is 14.9 Å². The second-order valence-electron chi connectivity index (χ2n) is 7.79. The van der Waals surface area contributed by atoms with Crippen LogP contribution < -0.4 is 10.0 Å². The molecule has 2 heterocycles. The Kier molecular flexibility index (Phi) is 6.37. The minimum Gasteiger partial charge on any atom is -0.391 e. The number of anilines is 1. The van der Waals surface area contributed by atoms with Crippen LogP contribution in [0.2, 0.25) is 5.02 Å². The van der Waals surface area contributed by atoms with Crippen molar-refractivity contribution in [1.82, 2.24) is 19.5 Å². The van der Waals surface area contributed by atoms with Crippen LogP contribution in [-0.2, 0) is 29.3 Å². The van der Waals surface area contributed by atoms with Crippen molar-refractivity contribution in [1.29, 1.82) is 4.78 Å². The molecule has 4 N–H and O–H groups in total. The highest BCUT2D eigenvalue weighted by atomic mass is 35.5. The normalized spacial score (nSPS) is 15.5. The van der Waals surface area contributed by atoms with Crippen molar-refractivity contribution in [3.05, 3.63) is 58.8 Å². The lowest BCUT2D eigenvalue weighted by Crippen LogP contribution is -2.34. The second kappa shape index (κ2) is 9.08. The zero-order valence-corrected chi connectivity index (χ0v) is 19.2. The molecule has 174 valence electrons. The minimum atomic E-state index is -3.92. The van der Waals surface area contributed by atoms with Gasteiger partial charge in [-0.05, 0) is 61.1 Å². The first-order valence-electron chi connectivity index (χ1n) is 10.2. The van der Waals surface area contributed by atoms with Crippen LogP contribution in [0, 0.1) is 10.6 Å². The Morgan fingerprint density at radius 3 is 2.76 bits per heavy atom. The molecule has 1 aliphatic carbocycles. The number of carbonyl (C=O) groups excluding carboxylic acids is 1. The molecular weight excluding hydrogens is 471 g/mol. The average molecular weight is 493 g/mol. The molecule has 2 aromatic heterocycles. The van der Waals surface area contributed by atoms with Gasteiger partial charge in [-0.25, -0.2) is 22.9 Å². The smallest absolute Gasteiger partial charge is 0.332 e. The van der Waals surface area contributed by atoms with Gasteiger partial charge in [-0.3, -0.25) is 9.67 Å². The van der Waals surface area contributed by atoms with E-state index in [2.05, 4.69) is 20.1 Å². The number of hydrogen-bond donors (Lipinski definition) is 4. The molecule has 0 bridgehead atoms. The third-order valence-corrected chi connectivity index (χ3v) is 6.93. The second-order valence-corrected chi connectivity index (χ2v) is 9.90. The van der Waals surface area contributed by atoms with E-state index in [-0.39, 0.29) is 22.4 Å². The maximum atomic E-state index is 14.7. The van der Waals surface area contributed by atoms with Crippen LogP contribution in [0.5, 0.6) is 0 Å². The standard InChI is InChI=1S/C21H22ClFN6O3S/c1-12(30)10-29-11-17(22)20(27-29)33(24,32)28-21(31)26-19-15-4-2-3-14(15)18(23)9-16(19)13-5-7-25-8-6-13/h5-9,11-12,30H,2-4,10H2,1H3,(H3,24,26,28,31,32). The van der Waals surface area contributed by atoms with Crippen LogP contribution >= 0.6 is 11.6 Å². The van der Waals surface area contributed by atoms with Gasteiger partial charge in [-0.1, -0.05) is 11.6 Å². The molecule has 1 aromatic carbocycles. The van der Waals surface area contributed by atoms with Gasteiger partial charge in [-0.15, -0.1) is 0 Å². The Morgan fingerprint density at radius 2 is 2.06 bits per heavy atom. The van der Waals surface area contributed by atoms with Crippen LogP contribution in [0.25, 0.3) is 11.1 Å². The SMILES string of the molecule is CC(O)Cn1cc(Cl)c(S(=N)(=O)NC(=O)Nc2c(-c3ccncc3)cc(F)c3c2CCC3)n1. The van der Waals surface area contributed by atoms with Gasteiger partial charge in [0.05, 0.1) is 23.4 Å². The molecule has 9 nitrogen and oxygen atoms in total. The number of pyridine rings is 1. The summed E-state index contributed by atoms with van der Waals surface area (Å²) in [5.74, 6) is -0.347. The van der Waals surface area contributed by atoms with E-state index >= 15 is 0 Å². The summed E-state index contributed by atoms with van der Waals surface area (Å²) in [5.41, 5.74) is 2.72. The Hall–Kier alpha value is -3.02. The highest BCUT2D eigenvalue weighted by Gasteiger charge is 2.26. The summed E-state index contributed by atoms with van der Waals surface area (Å²) in [4.78, 5) is 16.8. The summed E-state index contributed by atoms with van der Waals surface area (Å²) >= 11 is 6.07. The lowest BCUT2D eigenvalue weighted by atomic mass is 9.97. The fourth-order valence-corrected chi connectivity index (χ4v) is 5.32. The molecule has 0 aliphatic heterocycles. The van der Waals surface area contributed by atoms with E-state index in [4.69, 9.17) is 16.4 Å². The summed E-state index contributed by atoms with van der Waals surface area (Å²) in [5, 5.41) is 15.8. The molecule has 3 aromatic rings. The number of fused-ring (bicyclic) bond motifs is 1. The summed E-state index contributed by atoms with van der Waals surface area (Å²) in [6, 6.07) is 3.84. The zero-order valence-electron chi connectivity index (χ0n) is 17.6. The largest absolute Gasteiger partial charge is 0.391 e. The highest BCUT2D eigenvalue weighted by Crippen LogP contribution is 2.39. The fraction of sp³-hybridized carbons (Fsp3) is 0.286. The van der Waals surface area contributed by atoms with Crippen molar-refractivity contribution in [3.63, 3.8) is 0 Å². The van der Waals surface area contributed by atoms with Crippen molar-refractivity contribution in [2.75, 3.05) is 5.32 Å². The van der Waals surface area contributed by atoms with Crippen LogP contribution in [0.1, 0.15) is 24.5 Å². The van der Waals surface area contributed by atoms with Crippen LogP contribution in [0.3, 0.4) is 0 Å². The summed E-state index contributed by atoms with van der Waals surface area (Å²) in [6.07, 6.45) is 5.59. The number of carbonyl (C=O) groups is 1. The van der Waals surface area contributed by atoms with Crippen molar-refractivity contribution in [2.24, 2.45) is 0 Å². The molecule has 0 spiro atoms. The molecule has 0 saturated heterocycles. The molecule has 2 atom stereocenters. The Bertz CT molecular complexity index is 1310. The fourth-order valence-electron chi connectivity index (χ4n) is 3.89. The number of nitrogens with zero attached hydrogens (tertiary/aromatic N) is 3. The van der Waals surface area contributed by atoms with Gasteiger partial charge < -0.3 is 10.4 Å². The quantitative estimate of drug-likeness (QED) is 0.416. The van der Waals surface area contributed by atoms with Crippen LogP contribution in [0.15, 0.2) is 41.8 Å². The maximum Gasteiger partial charge on any atom is 0.332 e. The number of urea groups is 1. The van der Waals surface area contributed by atoms with Gasteiger partial charge in [0.1, 0.15) is 5.82 Å². The Morgan fingerprint density at radius 1 is 1.36 bits per heavy atom. The van der Waals surface area contributed by atoms with Gasteiger partial charge in [0.2, 0.25) is 0 Å². The predicted octanol–water partition coefficient (Wildman–Crippen LogP) is 3.75. The number of aliphatic hydroxyl groups is 1. The monoisotopic (exact) mass is 492 g/mol. The molecule has 12 heteroatoms. The molecule has 1 aliphatic rings. The minimum absolute atomic E-state index is 0.0731. The zero-order chi connectivity index (χ0) is 23.8. The van der Waals surface area contributed by atoms with Crippen molar-refractivity contribution >= 4 is 33.2 Å². The van der Waals surface area contributed by atoms with Gasteiger partial charge in [0, 0.05) is 24.2 Å². The number of halogens is 2. The van der Waals surface area contributed by atoms with Crippen molar-refractivity contribution < 1.29 is 18.5 Å². The van der Waals surface area contributed by atoms with Crippen molar-refractivity contribution in [2.45, 2.75) is 43.9 Å². The first-order valence-corrected chi connectivity index (χ1v) is 12.1. The van der Waals surface area contributed by atoms with Gasteiger partial charge in [0.25, 0.3) is 0 Å². The number of benzene rings is 1. The molecule has 2 amide bonds. The Labute approximate surface area is 195 Å². The lowest BCUT2D eigenvalue weighted by Gasteiger charge is -2.17. The van der Waals surface area contributed by atoms with E-state index in [1.165, 1.54) is 16.9 Å². The number of aromatic nitrogens is 3. The lowest BCUT2D eigenvalue weighted by molar-refractivity contribution is 0.168. The number of nitrogens with one attached hydrogen (secondary N) is 3. The molecule has 33 heavy (non-hydrogen) atoms. The molecule has 2 unspecified atom stereocenters. The molecule has 0 fully saturated rings. The maximum absolute atomic E-state index is 14.7. The van der Waals surface area contributed by atoms with E-state index in [1.54, 1.807) is 31.5 Å². The number of aliphatic hydroxyl groups excluding tert-OH is 1. The number of amides is 2. The van der Waals surface area contributed by atoms with Crippen LogP contribution in [-0.4, -0.2) is 36.2 Å². The van der Waals surface area contributed by atoms with E-state index in [1.807, 2.05) is 0 Å². The van der Waals surface area contributed by atoms with E-state index in [0.29, 0.717) is 40.8 Å². The number of rotatable bonds is 6. The molecule has 4 rings (SSSR count). The van der Waals surface area contributed by atoms with E-state index < -0.39 is 22.1 Å². The first-order chi connectivity index (χ1) is 15.7. The summed E-state index contributed by atoms with van der Waals surface area (Å²) < 4.78 is 39.2. The van der Waals surface area contributed by atoms with Crippen molar-refractivity contribution in [3.8, 4) is 11.1 Å². The topological polar surface area (TPSA) is 133 Å². The first kappa shape index (κ1) is 23.1. The highest BCUT2D eigenvalue weighted by molar-refractivity contribution is 7.91. The third kappa shape index (κ3) is 4.85. The predicted molar refractivity (Wildman–Crippen MR) is 122 cm³/mol. The Balaban J connectivity index is 1.64. The summed E-state index contributed by atoms with van der Waals surface area (Å²) in [6.45, 7) is 1.62. The summed E-state index contributed by atoms with van der Waals surface area (Å²) in [7, 11) is -3.92. The van der Waals surface area contributed by atoms with E-state index in [0.717, 1.165) is 6.42 Å². The average Bonchev–Trinajstić information content (AvgIpc) is 3.37. The van der Waals surface area contributed by atoms with Gasteiger partial charge >= 0.3 is 6.03 Å². The third-order valence-electron chi connectivity index (χ3n) is 5.22. The molecular formula is C21H22ClFN6O3S. The van der Waals surface area contributed by atoms with E-state index in [9.17, 15) is 18.5 Å². The molecule has 0 radical (unpaired) electrons. The molecule has 0 saturated carbocycles.